The third-order valence-electron chi connectivity index (χ3n) is 2.74. The Hall–Kier alpha value is -1.54. The number of aliphatic carboxylic acids is 1. The summed E-state index contributed by atoms with van der Waals surface area (Å²) in [6.45, 7) is 1.88. The van der Waals surface area contributed by atoms with Crippen LogP contribution in [0.1, 0.15) is 12.7 Å². The van der Waals surface area contributed by atoms with Gasteiger partial charge in [-0.1, -0.05) is 27.7 Å². The molecular formula is C13H14BrN3O3S. The largest absolute Gasteiger partial charge is 0.486 e. The Balaban J connectivity index is 2.00. The molecule has 8 heteroatoms. The minimum atomic E-state index is -0.879. The molecule has 1 unspecified atom stereocenters. The Bertz CT molecular complexity index is 630. The maximum absolute atomic E-state index is 10.9. The van der Waals surface area contributed by atoms with Crippen LogP contribution in [0.3, 0.4) is 0 Å². The van der Waals surface area contributed by atoms with Crippen LogP contribution in [0.15, 0.2) is 33.9 Å². The van der Waals surface area contributed by atoms with E-state index in [-0.39, 0.29) is 6.61 Å². The molecule has 1 atom stereocenters. The predicted octanol–water partition coefficient (Wildman–Crippen LogP) is 2.72. The molecule has 0 radical (unpaired) electrons. The van der Waals surface area contributed by atoms with Crippen molar-refractivity contribution in [1.29, 1.82) is 0 Å². The highest BCUT2D eigenvalue weighted by Gasteiger charge is 2.17. The van der Waals surface area contributed by atoms with Crippen molar-refractivity contribution in [2.24, 2.45) is 7.05 Å². The van der Waals surface area contributed by atoms with E-state index < -0.39 is 11.2 Å². The molecule has 0 bridgehead atoms. The van der Waals surface area contributed by atoms with Gasteiger partial charge in [-0.2, -0.15) is 0 Å². The third-order valence-corrected chi connectivity index (χ3v) is 4.39. The van der Waals surface area contributed by atoms with E-state index >= 15 is 0 Å². The Morgan fingerprint density at radius 2 is 2.10 bits per heavy atom. The van der Waals surface area contributed by atoms with Gasteiger partial charge in [0.05, 0.1) is 0 Å². The lowest BCUT2D eigenvalue weighted by Crippen LogP contribution is -2.12. The molecule has 0 saturated heterocycles. The van der Waals surface area contributed by atoms with E-state index in [0.29, 0.717) is 11.0 Å². The van der Waals surface area contributed by atoms with Gasteiger partial charge in [0.2, 0.25) is 0 Å². The summed E-state index contributed by atoms with van der Waals surface area (Å²) in [6, 6.07) is 7.48. The lowest BCUT2D eigenvalue weighted by Gasteiger charge is -2.07. The van der Waals surface area contributed by atoms with Crippen LogP contribution >= 0.6 is 27.7 Å². The molecule has 21 heavy (non-hydrogen) atoms. The first-order chi connectivity index (χ1) is 9.97. The molecule has 112 valence electrons. The van der Waals surface area contributed by atoms with E-state index in [1.165, 1.54) is 0 Å². The predicted molar refractivity (Wildman–Crippen MR) is 82.4 cm³/mol. The Morgan fingerprint density at radius 1 is 1.43 bits per heavy atom. The molecule has 0 fully saturated rings. The number of ether oxygens (including phenoxy) is 1. The smallest absolute Gasteiger partial charge is 0.316 e. The summed E-state index contributed by atoms with van der Waals surface area (Å²) in [5.41, 5.74) is 0. The van der Waals surface area contributed by atoms with E-state index in [4.69, 9.17) is 9.84 Å². The number of hydrogen-bond donors (Lipinski definition) is 1. The first-order valence-electron chi connectivity index (χ1n) is 6.13. The second-order valence-corrected chi connectivity index (χ2v) is 6.52. The summed E-state index contributed by atoms with van der Waals surface area (Å²) in [6.07, 6.45) is 0. The van der Waals surface area contributed by atoms with Gasteiger partial charge in [0.15, 0.2) is 11.0 Å². The van der Waals surface area contributed by atoms with Crippen LogP contribution in [-0.4, -0.2) is 31.1 Å². The number of carbonyl (C=O) groups is 1. The molecule has 0 amide bonds. The molecule has 1 aromatic carbocycles. The molecule has 2 aromatic rings. The fourth-order valence-electron chi connectivity index (χ4n) is 1.46. The Morgan fingerprint density at radius 3 is 2.71 bits per heavy atom. The molecule has 6 nitrogen and oxygen atoms in total. The van der Waals surface area contributed by atoms with Crippen LogP contribution in [0.4, 0.5) is 0 Å². The van der Waals surface area contributed by atoms with Crippen LogP contribution in [0.2, 0.25) is 0 Å². The molecule has 0 aliphatic rings. The van der Waals surface area contributed by atoms with Crippen LogP contribution < -0.4 is 4.74 Å². The maximum atomic E-state index is 10.9. The summed E-state index contributed by atoms with van der Waals surface area (Å²) in [5.74, 6) is 0.489. The highest BCUT2D eigenvalue weighted by molar-refractivity contribution is 9.10. The highest BCUT2D eigenvalue weighted by atomic mass is 79.9. The number of thioether (sulfide) groups is 1. The van der Waals surface area contributed by atoms with Gasteiger partial charge < -0.3 is 14.4 Å². The van der Waals surface area contributed by atoms with Crippen molar-refractivity contribution in [1.82, 2.24) is 14.8 Å². The Kier molecular flexibility index (Phi) is 5.24. The zero-order chi connectivity index (χ0) is 15.4. The number of hydrogen-bond acceptors (Lipinski definition) is 5. The zero-order valence-corrected chi connectivity index (χ0v) is 13.9. The van der Waals surface area contributed by atoms with Gasteiger partial charge in [-0.25, -0.2) is 0 Å². The van der Waals surface area contributed by atoms with Crippen molar-refractivity contribution in [3.05, 3.63) is 34.6 Å². The monoisotopic (exact) mass is 371 g/mol. The number of carboxylic acid groups (broad SMARTS) is 1. The van der Waals surface area contributed by atoms with Gasteiger partial charge in [-0.3, -0.25) is 4.79 Å². The van der Waals surface area contributed by atoms with E-state index in [0.717, 1.165) is 22.0 Å². The molecule has 1 N–H and O–H groups in total. The number of nitrogens with zero attached hydrogens (tertiary/aromatic N) is 3. The standard InChI is InChI=1S/C13H14BrN3O3S/c1-8(12(18)19)21-13-16-15-11(17(13)2)7-20-10-5-3-9(14)4-6-10/h3-6,8H,7H2,1-2H3,(H,18,19). The summed E-state index contributed by atoms with van der Waals surface area (Å²) < 4.78 is 8.34. The van der Waals surface area contributed by atoms with Gasteiger partial charge in [0, 0.05) is 11.5 Å². The molecule has 1 heterocycles. The quantitative estimate of drug-likeness (QED) is 0.786. The van der Waals surface area contributed by atoms with E-state index in [9.17, 15) is 4.79 Å². The number of halogens is 1. The van der Waals surface area contributed by atoms with Gasteiger partial charge >= 0.3 is 5.97 Å². The topological polar surface area (TPSA) is 77.2 Å². The van der Waals surface area contributed by atoms with Crippen molar-refractivity contribution >= 4 is 33.7 Å². The Labute approximate surface area is 134 Å². The fourth-order valence-corrected chi connectivity index (χ4v) is 2.49. The SMILES string of the molecule is CC(Sc1nnc(COc2ccc(Br)cc2)n1C)C(=O)O. The van der Waals surface area contributed by atoms with E-state index in [1.54, 1.807) is 18.5 Å². The van der Waals surface area contributed by atoms with Crippen LogP contribution in [0, 0.1) is 0 Å². The van der Waals surface area contributed by atoms with Gasteiger partial charge in [0.1, 0.15) is 17.6 Å². The van der Waals surface area contributed by atoms with Crippen LogP contribution in [-0.2, 0) is 18.4 Å². The van der Waals surface area contributed by atoms with E-state index in [1.807, 2.05) is 24.3 Å². The number of benzene rings is 1. The van der Waals surface area contributed by atoms with Crippen molar-refractivity contribution in [2.45, 2.75) is 23.9 Å². The molecule has 1 aromatic heterocycles. The van der Waals surface area contributed by atoms with Crippen LogP contribution in [0.25, 0.3) is 0 Å². The first-order valence-corrected chi connectivity index (χ1v) is 7.80. The lowest BCUT2D eigenvalue weighted by molar-refractivity contribution is -0.136. The summed E-state index contributed by atoms with van der Waals surface area (Å²) in [7, 11) is 1.79. The minimum absolute atomic E-state index is 0.271. The molecule has 0 aliphatic carbocycles. The molecule has 0 spiro atoms. The molecule has 2 rings (SSSR count). The van der Waals surface area contributed by atoms with Crippen molar-refractivity contribution in [3.8, 4) is 5.75 Å². The average Bonchev–Trinajstić information content (AvgIpc) is 2.79. The first kappa shape index (κ1) is 15.8. The minimum Gasteiger partial charge on any atom is -0.486 e. The van der Waals surface area contributed by atoms with E-state index in [2.05, 4.69) is 26.1 Å². The molecule has 0 aliphatic heterocycles. The second kappa shape index (κ2) is 6.95. The van der Waals surface area contributed by atoms with Crippen molar-refractivity contribution in [3.63, 3.8) is 0 Å². The molecular weight excluding hydrogens is 358 g/mol. The summed E-state index contributed by atoms with van der Waals surface area (Å²) >= 11 is 4.51. The maximum Gasteiger partial charge on any atom is 0.316 e. The lowest BCUT2D eigenvalue weighted by atomic mass is 10.3. The summed E-state index contributed by atoms with van der Waals surface area (Å²) in [5, 5.41) is 16.9. The van der Waals surface area contributed by atoms with Crippen LogP contribution in [0.5, 0.6) is 5.75 Å². The zero-order valence-electron chi connectivity index (χ0n) is 11.5. The normalized spacial score (nSPS) is 12.1. The van der Waals surface area contributed by atoms with Gasteiger partial charge in [-0.05, 0) is 31.2 Å². The molecule has 0 saturated carbocycles. The van der Waals surface area contributed by atoms with Gasteiger partial charge in [-0.15, -0.1) is 10.2 Å². The number of aromatic nitrogens is 3. The second-order valence-electron chi connectivity index (χ2n) is 4.30. The van der Waals surface area contributed by atoms with Gasteiger partial charge in [0.25, 0.3) is 0 Å². The fraction of sp³-hybridized carbons (Fsp3) is 0.308. The highest BCUT2D eigenvalue weighted by Crippen LogP contribution is 2.22. The van der Waals surface area contributed by atoms with Crippen molar-refractivity contribution in [2.75, 3.05) is 0 Å². The summed E-state index contributed by atoms with van der Waals surface area (Å²) in [4.78, 5) is 10.9. The number of rotatable bonds is 6. The average molecular weight is 372 g/mol. The van der Waals surface area contributed by atoms with Crippen molar-refractivity contribution < 1.29 is 14.6 Å². The third kappa shape index (κ3) is 4.21. The number of carboxylic acids is 1.